The summed E-state index contributed by atoms with van der Waals surface area (Å²) in [6.45, 7) is 8.99. The molecule has 2 heterocycles. The van der Waals surface area contributed by atoms with Crippen LogP contribution < -0.4 is 5.32 Å². The molecular weight excluding hydrogens is 334 g/mol. The van der Waals surface area contributed by atoms with Crippen LogP contribution in [-0.2, 0) is 12.0 Å². The highest BCUT2D eigenvalue weighted by Gasteiger charge is 2.21. The van der Waals surface area contributed by atoms with Crippen LogP contribution in [-0.4, -0.2) is 15.6 Å². The molecule has 2 rings (SSSR count). The molecule has 1 N–H and O–H groups in total. The molecule has 1 amide bonds. The summed E-state index contributed by atoms with van der Waals surface area (Å²) in [5, 5.41) is 6.75. The molecule has 0 atom stereocenters. The van der Waals surface area contributed by atoms with Gasteiger partial charge in [0.25, 0.3) is 5.91 Å². The van der Waals surface area contributed by atoms with E-state index in [4.69, 9.17) is 4.52 Å². The molecule has 0 aliphatic carbocycles. The molecule has 5 nitrogen and oxygen atoms in total. The molecule has 0 aliphatic rings. The summed E-state index contributed by atoms with van der Waals surface area (Å²) in [5.74, 6) is 0.163. The van der Waals surface area contributed by atoms with Crippen LogP contribution in [0.25, 0.3) is 0 Å². The van der Waals surface area contributed by atoms with Gasteiger partial charge in [0.1, 0.15) is 5.69 Å². The number of carbonyl (C=O) groups is 1. The lowest BCUT2D eigenvalue weighted by Gasteiger charge is -2.12. The first-order chi connectivity index (χ1) is 9.81. The number of carbonyl (C=O) groups excluding carboxylic acids is 1. The predicted octanol–water partition coefficient (Wildman–Crippen LogP) is 4.20. The van der Waals surface area contributed by atoms with Crippen molar-refractivity contribution in [1.29, 1.82) is 0 Å². The summed E-state index contributed by atoms with van der Waals surface area (Å²) in [6.07, 6.45) is 2.86. The monoisotopic (exact) mass is 353 g/mol. The highest BCUT2D eigenvalue weighted by atomic mass is 79.9. The van der Waals surface area contributed by atoms with Crippen LogP contribution in [0.5, 0.6) is 0 Å². The molecule has 0 saturated heterocycles. The van der Waals surface area contributed by atoms with Crippen LogP contribution in [0.1, 0.15) is 50.3 Å². The smallest absolute Gasteiger partial charge is 0.274 e. The molecule has 0 saturated carbocycles. The molecule has 0 radical (unpaired) electrons. The second-order valence-corrected chi connectivity index (χ2v) is 6.93. The Morgan fingerprint density at radius 1 is 1.43 bits per heavy atom. The Labute approximate surface area is 132 Å². The van der Waals surface area contributed by atoms with Gasteiger partial charge in [0, 0.05) is 28.7 Å². The lowest BCUT2D eigenvalue weighted by Crippen LogP contribution is -2.16. The third-order valence-corrected chi connectivity index (χ3v) is 3.51. The number of anilines is 1. The lowest BCUT2D eigenvalue weighted by molar-refractivity contribution is 0.101. The fourth-order valence-corrected chi connectivity index (χ4v) is 2.42. The molecule has 114 valence electrons. The van der Waals surface area contributed by atoms with Crippen LogP contribution >= 0.6 is 15.9 Å². The molecule has 0 unspecified atom stereocenters. The minimum Gasteiger partial charge on any atom is -0.342 e. The molecule has 0 aromatic carbocycles. The van der Waals surface area contributed by atoms with E-state index in [0.717, 1.165) is 23.1 Å². The normalized spacial score (nSPS) is 11.7. The van der Waals surface area contributed by atoms with Crippen LogP contribution in [0, 0.1) is 0 Å². The van der Waals surface area contributed by atoms with E-state index < -0.39 is 0 Å². The maximum Gasteiger partial charge on any atom is 0.274 e. The Bertz CT molecular complexity index is 638. The highest BCUT2D eigenvalue weighted by Crippen LogP contribution is 2.24. The predicted molar refractivity (Wildman–Crippen MR) is 85.6 cm³/mol. The number of hydrogen-bond acceptors (Lipinski definition) is 3. The van der Waals surface area contributed by atoms with E-state index in [9.17, 15) is 4.79 Å². The number of aryl methyl sites for hydroxylation is 1. The van der Waals surface area contributed by atoms with Gasteiger partial charge in [0.15, 0.2) is 0 Å². The molecule has 0 aliphatic heterocycles. The van der Waals surface area contributed by atoms with Gasteiger partial charge in [-0.1, -0.05) is 32.9 Å². The molecule has 0 bridgehead atoms. The second-order valence-electron chi connectivity index (χ2n) is 6.02. The Hall–Kier alpha value is -1.56. The molecule has 0 spiro atoms. The first kappa shape index (κ1) is 15.8. The summed E-state index contributed by atoms with van der Waals surface area (Å²) in [5.41, 5.74) is 1.29. The van der Waals surface area contributed by atoms with Crippen molar-refractivity contribution >= 4 is 27.7 Å². The van der Waals surface area contributed by atoms with Gasteiger partial charge in [-0.2, -0.15) is 0 Å². The fraction of sp³-hybridized carbons (Fsp3) is 0.467. The van der Waals surface area contributed by atoms with Crippen molar-refractivity contribution < 1.29 is 9.32 Å². The second kappa shape index (κ2) is 6.05. The number of hydrogen-bond donors (Lipinski definition) is 1. The van der Waals surface area contributed by atoms with Gasteiger partial charge in [-0.15, -0.1) is 0 Å². The molecule has 0 fully saturated rings. The van der Waals surface area contributed by atoms with Crippen molar-refractivity contribution in [2.24, 2.45) is 0 Å². The number of halogens is 1. The van der Waals surface area contributed by atoms with Gasteiger partial charge >= 0.3 is 0 Å². The van der Waals surface area contributed by atoms with E-state index in [-0.39, 0.29) is 11.3 Å². The summed E-state index contributed by atoms with van der Waals surface area (Å²) in [4.78, 5) is 12.3. The number of amides is 1. The topological polar surface area (TPSA) is 60.1 Å². The van der Waals surface area contributed by atoms with E-state index in [2.05, 4.69) is 33.3 Å². The van der Waals surface area contributed by atoms with Gasteiger partial charge in [-0.25, -0.2) is 0 Å². The number of rotatable bonds is 4. The zero-order chi connectivity index (χ0) is 15.6. The number of nitrogens with zero attached hydrogens (tertiary/aromatic N) is 2. The minimum atomic E-state index is -0.203. The maximum absolute atomic E-state index is 12.3. The van der Waals surface area contributed by atoms with E-state index >= 15 is 0 Å². The van der Waals surface area contributed by atoms with Crippen molar-refractivity contribution in [3.63, 3.8) is 0 Å². The van der Waals surface area contributed by atoms with Gasteiger partial charge in [0.05, 0.1) is 5.69 Å². The Balaban J connectivity index is 2.16. The molecular formula is C15H20BrN3O2. The summed E-state index contributed by atoms with van der Waals surface area (Å²) < 4.78 is 7.99. The van der Waals surface area contributed by atoms with E-state index in [1.165, 1.54) is 0 Å². The zero-order valence-electron chi connectivity index (χ0n) is 12.7. The van der Waals surface area contributed by atoms with Gasteiger partial charge in [0.2, 0.25) is 5.88 Å². The van der Waals surface area contributed by atoms with Crippen LogP contribution in [0.2, 0.25) is 0 Å². The fourth-order valence-electron chi connectivity index (χ4n) is 1.95. The summed E-state index contributed by atoms with van der Waals surface area (Å²) >= 11 is 3.40. The maximum atomic E-state index is 12.3. The van der Waals surface area contributed by atoms with Crippen LogP contribution in [0.15, 0.2) is 27.3 Å². The van der Waals surface area contributed by atoms with Crippen LogP contribution in [0.3, 0.4) is 0 Å². The first-order valence-electron chi connectivity index (χ1n) is 6.95. The third-order valence-electron chi connectivity index (χ3n) is 3.08. The zero-order valence-corrected chi connectivity index (χ0v) is 14.3. The Kier molecular flexibility index (Phi) is 4.56. The number of aromatic nitrogens is 2. The van der Waals surface area contributed by atoms with Gasteiger partial charge in [-0.05, 0) is 28.4 Å². The average Bonchev–Trinajstić information content (AvgIpc) is 2.96. The van der Waals surface area contributed by atoms with Crippen molar-refractivity contribution in [2.45, 2.75) is 46.1 Å². The average molecular weight is 354 g/mol. The van der Waals surface area contributed by atoms with Crippen molar-refractivity contribution in [1.82, 2.24) is 9.72 Å². The number of nitrogens with one attached hydrogen (secondary N) is 1. The quantitative estimate of drug-likeness (QED) is 0.895. The van der Waals surface area contributed by atoms with Crippen molar-refractivity contribution in [2.75, 3.05) is 5.32 Å². The van der Waals surface area contributed by atoms with Crippen molar-refractivity contribution in [3.8, 4) is 0 Å². The summed E-state index contributed by atoms with van der Waals surface area (Å²) in [6, 6.07) is 3.56. The van der Waals surface area contributed by atoms with Crippen molar-refractivity contribution in [3.05, 3.63) is 34.2 Å². The van der Waals surface area contributed by atoms with Gasteiger partial charge < -0.3 is 9.09 Å². The minimum absolute atomic E-state index is 0.113. The van der Waals surface area contributed by atoms with E-state index in [1.807, 2.05) is 31.5 Å². The SMILES string of the molecule is CCCn1cc(Br)cc1C(=O)Nc1cc(C(C)(C)C)no1. The Morgan fingerprint density at radius 3 is 2.71 bits per heavy atom. The summed E-state index contributed by atoms with van der Waals surface area (Å²) in [7, 11) is 0. The lowest BCUT2D eigenvalue weighted by atomic mass is 9.92. The molecule has 2 aromatic heterocycles. The largest absolute Gasteiger partial charge is 0.342 e. The first-order valence-corrected chi connectivity index (χ1v) is 7.74. The highest BCUT2D eigenvalue weighted by molar-refractivity contribution is 9.10. The molecule has 2 aromatic rings. The standard InChI is InChI=1S/C15H20BrN3O2/c1-5-6-19-9-10(16)7-11(19)14(20)17-13-8-12(18-21-13)15(2,3)4/h7-9H,5-6H2,1-4H3,(H,17,20). The molecule has 21 heavy (non-hydrogen) atoms. The van der Waals surface area contributed by atoms with E-state index in [1.54, 1.807) is 12.1 Å². The van der Waals surface area contributed by atoms with Crippen LogP contribution in [0.4, 0.5) is 5.88 Å². The van der Waals surface area contributed by atoms with Gasteiger partial charge in [-0.3, -0.25) is 10.1 Å². The third kappa shape index (κ3) is 3.75. The van der Waals surface area contributed by atoms with E-state index in [0.29, 0.717) is 11.6 Å². The molecule has 6 heteroatoms. The Morgan fingerprint density at radius 2 is 2.14 bits per heavy atom.